The molecule has 2 aliphatic rings. The normalized spacial score (nSPS) is 21.9. The van der Waals surface area contributed by atoms with Crippen LogP contribution in [0.3, 0.4) is 0 Å². The number of carbonyl (C=O) groups is 1. The lowest BCUT2D eigenvalue weighted by molar-refractivity contribution is 0.0310. The molecule has 8 heteroatoms. The summed E-state index contributed by atoms with van der Waals surface area (Å²) in [6.45, 7) is 22.5. The van der Waals surface area contributed by atoms with Crippen LogP contribution in [-0.4, -0.2) is 70.7 Å². The minimum atomic E-state index is -2.23. The summed E-state index contributed by atoms with van der Waals surface area (Å²) in [6.07, 6.45) is -1.17. The van der Waals surface area contributed by atoms with Gasteiger partial charge in [0.25, 0.3) is 0 Å². The molecule has 1 amide bonds. The lowest BCUT2D eigenvalue weighted by Gasteiger charge is -2.43. The van der Waals surface area contributed by atoms with Crippen LogP contribution >= 0.6 is 0 Å². The molecule has 1 N–H and O–H groups in total. The van der Waals surface area contributed by atoms with Gasteiger partial charge in [0, 0.05) is 5.92 Å². The third-order valence-corrected chi connectivity index (χ3v) is 18.7. The summed E-state index contributed by atoms with van der Waals surface area (Å²) in [7, 11) is -4.41. The number of nitrogens with zero attached hydrogens (tertiary/aromatic N) is 1. The molecule has 0 aromatic heterocycles. The van der Waals surface area contributed by atoms with E-state index >= 15 is 0 Å². The van der Waals surface area contributed by atoms with Gasteiger partial charge in [0.05, 0.1) is 31.4 Å². The van der Waals surface area contributed by atoms with Crippen LogP contribution in [0.15, 0.2) is 48.5 Å². The molecule has 220 valence electrons. The van der Waals surface area contributed by atoms with Gasteiger partial charge in [0.15, 0.2) is 16.6 Å². The predicted octanol–water partition coefficient (Wildman–Crippen LogP) is 7.39. The number of fused-ring (bicyclic) bond motifs is 3. The summed E-state index contributed by atoms with van der Waals surface area (Å²) in [5, 5.41) is 10.6. The average Bonchev–Trinajstić information content (AvgIpc) is 3.35. The number of hydrogen-bond acceptors (Lipinski definition) is 5. The first-order valence-electron chi connectivity index (χ1n) is 14.6. The Morgan fingerprint density at radius 2 is 1.32 bits per heavy atom. The molecule has 1 aliphatic carbocycles. The molecule has 1 aliphatic heterocycles. The molecule has 0 bridgehead atoms. The number of hydrogen-bond donors (Lipinski definition) is 1. The van der Waals surface area contributed by atoms with Crippen LogP contribution in [0.25, 0.3) is 11.1 Å². The maximum Gasteiger partial charge on any atom is 0.410 e. The van der Waals surface area contributed by atoms with Gasteiger partial charge in [-0.05, 0) is 58.5 Å². The van der Waals surface area contributed by atoms with Gasteiger partial charge >= 0.3 is 6.09 Å². The molecule has 6 nitrogen and oxygen atoms in total. The average molecular weight is 584 g/mol. The van der Waals surface area contributed by atoms with Gasteiger partial charge in [-0.15, -0.1) is 0 Å². The summed E-state index contributed by atoms with van der Waals surface area (Å²) < 4.78 is 19.8. The summed E-state index contributed by atoms with van der Waals surface area (Å²) in [5.41, 5.74) is 4.74. The van der Waals surface area contributed by atoms with E-state index in [1.807, 2.05) is 24.3 Å². The van der Waals surface area contributed by atoms with Gasteiger partial charge < -0.3 is 18.7 Å². The molecule has 2 aromatic carbocycles. The van der Waals surface area contributed by atoms with E-state index < -0.39 is 34.9 Å². The zero-order valence-corrected chi connectivity index (χ0v) is 28.1. The molecule has 4 rings (SSSR count). The number of carbonyl (C=O) groups excluding carboxylic acids is 1. The summed E-state index contributed by atoms with van der Waals surface area (Å²) in [5.74, 6) is -0.0231. The number of likely N-dealkylation sites (tertiary alicyclic amines) is 1. The molecule has 2 aromatic rings. The van der Waals surface area contributed by atoms with Crippen LogP contribution in [0.2, 0.25) is 36.3 Å². The Hall–Kier alpha value is -1.98. The summed E-state index contributed by atoms with van der Waals surface area (Å²) >= 11 is 0. The number of benzene rings is 2. The molecular weight excluding hydrogens is 535 g/mol. The maximum absolute atomic E-state index is 13.7. The van der Waals surface area contributed by atoms with Gasteiger partial charge in [-0.25, -0.2) is 4.79 Å². The van der Waals surface area contributed by atoms with Crippen molar-refractivity contribution < 1.29 is 23.5 Å². The summed E-state index contributed by atoms with van der Waals surface area (Å²) in [6, 6.07) is 16.1. The molecule has 0 spiro atoms. The van der Waals surface area contributed by atoms with E-state index in [0.29, 0.717) is 6.54 Å². The number of aliphatic hydroxyl groups is 1. The van der Waals surface area contributed by atoms with E-state index in [2.05, 4.69) is 92.0 Å². The Balaban J connectivity index is 1.58. The fraction of sp³-hybridized carbons (Fsp3) is 0.594. The van der Waals surface area contributed by atoms with Crippen molar-refractivity contribution in [2.45, 2.75) is 102 Å². The van der Waals surface area contributed by atoms with Crippen LogP contribution < -0.4 is 0 Å². The zero-order chi connectivity index (χ0) is 29.7. The fourth-order valence-electron chi connectivity index (χ4n) is 5.28. The standard InChI is InChI=1S/C32H49NO5Si2/c1-31(2,3)39(7,8)37-28-19-33(27(20-34)29(28)38-40(9,10)32(4,5)6)30(35)36-21-26-24-17-13-11-15-22(24)23-16-12-14-18-25(23)26/h11-18,26-29,34H,19-21H2,1-10H3/t27-,28+,29+/m1/s1. The second kappa shape index (κ2) is 11.0. The first-order chi connectivity index (χ1) is 18.5. The number of ether oxygens (including phenoxy) is 1. The molecular formula is C32H49NO5Si2. The Bertz CT molecular complexity index is 1170. The SMILES string of the molecule is CC(C)(C)[Si](C)(C)O[C@@H]1[C@@H](O[Si](C)(C)C(C)(C)C)CN(C(=O)OCC2c3ccccc3-c3ccccc32)[C@@H]1CO. The van der Waals surface area contributed by atoms with Gasteiger partial charge in [0.1, 0.15) is 6.61 Å². The third kappa shape index (κ3) is 5.83. The Morgan fingerprint density at radius 1 is 0.850 bits per heavy atom. The van der Waals surface area contributed by atoms with Crippen molar-refractivity contribution >= 4 is 22.7 Å². The smallest absolute Gasteiger partial charge is 0.410 e. The van der Waals surface area contributed by atoms with Gasteiger partial charge in [-0.2, -0.15) is 0 Å². The second-order valence-corrected chi connectivity index (χ2v) is 24.0. The van der Waals surface area contributed by atoms with E-state index in [1.165, 1.54) is 22.3 Å². The van der Waals surface area contributed by atoms with Crippen molar-refractivity contribution in [2.24, 2.45) is 0 Å². The minimum Gasteiger partial charge on any atom is -0.448 e. The van der Waals surface area contributed by atoms with Crippen molar-refractivity contribution in [1.82, 2.24) is 4.90 Å². The molecule has 1 saturated heterocycles. The molecule has 3 atom stereocenters. The minimum absolute atomic E-state index is 0.000416. The Kier molecular flexibility index (Phi) is 8.53. The monoisotopic (exact) mass is 583 g/mol. The summed E-state index contributed by atoms with van der Waals surface area (Å²) in [4.78, 5) is 15.4. The first kappa shape index (κ1) is 31.0. The molecule has 0 radical (unpaired) electrons. The van der Waals surface area contributed by atoms with Crippen molar-refractivity contribution in [3.8, 4) is 11.1 Å². The van der Waals surface area contributed by atoms with Crippen LogP contribution in [0.5, 0.6) is 0 Å². The molecule has 1 heterocycles. The number of rotatable bonds is 7. The van der Waals surface area contributed by atoms with Gasteiger partial charge in [0.2, 0.25) is 0 Å². The maximum atomic E-state index is 13.7. The van der Waals surface area contributed by atoms with Crippen LogP contribution in [0, 0.1) is 0 Å². The number of amides is 1. The van der Waals surface area contributed by atoms with Crippen molar-refractivity contribution in [3.63, 3.8) is 0 Å². The van der Waals surface area contributed by atoms with Gasteiger partial charge in [-0.1, -0.05) is 90.1 Å². The highest BCUT2D eigenvalue weighted by Crippen LogP contribution is 2.45. The quantitative estimate of drug-likeness (QED) is 0.344. The highest BCUT2D eigenvalue weighted by molar-refractivity contribution is 6.74. The van der Waals surface area contributed by atoms with E-state index in [9.17, 15) is 9.90 Å². The molecule has 0 unspecified atom stereocenters. The zero-order valence-electron chi connectivity index (χ0n) is 26.1. The van der Waals surface area contributed by atoms with E-state index in [1.54, 1.807) is 4.90 Å². The van der Waals surface area contributed by atoms with Crippen molar-refractivity contribution in [1.29, 1.82) is 0 Å². The van der Waals surface area contributed by atoms with Crippen LogP contribution in [-0.2, 0) is 13.6 Å². The van der Waals surface area contributed by atoms with Crippen molar-refractivity contribution in [3.05, 3.63) is 59.7 Å². The Labute approximate surface area is 243 Å². The van der Waals surface area contributed by atoms with E-state index in [4.69, 9.17) is 13.6 Å². The highest BCUT2D eigenvalue weighted by Gasteiger charge is 2.53. The fourth-order valence-corrected chi connectivity index (χ4v) is 7.94. The van der Waals surface area contributed by atoms with Crippen LogP contribution in [0.1, 0.15) is 58.6 Å². The van der Waals surface area contributed by atoms with Gasteiger partial charge in [-0.3, -0.25) is 4.90 Å². The predicted molar refractivity (Wildman–Crippen MR) is 167 cm³/mol. The topological polar surface area (TPSA) is 68.2 Å². The lowest BCUT2D eigenvalue weighted by Crippen LogP contribution is -2.54. The first-order valence-corrected chi connectivity index (χ1v) is 20.4. The third-order valence-electron chi connectivity index (χ3n) is 9.77. The van der Waals surface area contributed by atoms with Crippen LogP contribution in [0.4, 0.5) is 4.79 Å². The molecule has 40 heavy (non-hydrogen) atoms. The van der Waals surface area contributed by atoms with E-state index in [-0.39, 0.29) is 35.3 Å². The Morgan fingerprint density at radius 3 is 1.80 bits per heavy atom. The molecule has 0 saturated carbocycles. The highest BCUT2D eigenvalue weighted by atomic mass is 28.4. The molecule has 1 fully saturated rings. The number of aliphatic hydroxyl groups excluding tert-OH is 1. The lowest BCUT2D eigenvalue weighted by atomic mass is 9.98. The largest absolute Gasteiger partial charge is 0.448 e. The second-order valence-electron chi connectivity index (χ2n) is 14.5. The van der Waals surface area contributed by atoms with E-state index in [0.717, 1.165) is 0 Å². The van der Waals surface area contributed by atoms with Crippen molar-refractivity contribution in [2.75, 3.05) is 19.8 Å².